The molecule has 3 N–H and O–H groups in total. The maximum Gasteiger partial charge on any atom is 0.406 e. The Morgan fingerprint density at radius 3 is 2.25 bits per heavy atom. The zero-order chi connectivity index (χ0) is 12.1. The third-order valence-electron chi connectivity index (χ3n) is 2.00. The topological polar surface area (TPSA) is 78.4 Å². The summed E-state index contributed by atoms with van der Waals surface area (Å²) in [5.41, 5.74) is 1.57. The fourth-order valence-corrected chi connectivity index (χ4v) is 1.21. The van der Waals surface area contributed by atoms with Crippen molar-refractivity contribution < 1.29 is 14.7 Å². The van der Waals surface area contributed by atoms with Gasteiger partial charge in [-0.15, -0.1) is 0 Å². The van der Waals surface area contributed by atoms with Gasteiger partial charge < -0.3 is 15.7 Å². The zero-order valence-electron chi connectivity index (χ0n) is 9.15. The normalized spacial score (nSPS) is 11.6. The molecule has 0 saturated carbocycles. The molecule has 1 unspecified atom stereocenters. The van der Waals surface area contributed by atoms with Crippen molar-refractivity contribution in [2.45, 2.75) is 20.0 Å². The first kappa shape index (κ1) is 12.0. The highest BCUT2D eigenvalue weighted by atomic mass is 16.4. The highest BCUT2D eigenvalue weighted by Gasteiger charge is 2.10. The molecule has 2 amide bonds. The van der Waals surface area contributed by atoms with E-state index >= 15 is 0 Å². The number of carbonyl (C=O) groups is 2. The number of rotatable bonds is 3. The summed E-state index contributed by atoms with van der Waals surface area (Å²) in [5.74, 6) is -0.304. The van der Waals surface area contributed by atoms with Crippen molar-refractivity contribution in [3.8, 4) is 0 Å². The Morgan fingerprint density at radius 2 is 1.75 bits per heavy atom. The van der Waals surface area contributed by atoms with Crippen LogP contribution in [0.15, 0.2) is 24.3 Å². The zero-order valence-corrected chi connectivity index (χ0v) is 9.15. The molecule has 5 nitrogen and oxygen atoms in total. The van der Waals surface area contributed by atoms with E-state index in [1.54, 1.807) is 19.1 Å². The van der Waals surface area contributed by atoms with E-state index in [1.165, 1.54) is 0 Å². The number of aryl methyl sites for hydroxylation is 1. The molecule has 16 heavy (non-hydrogen) atoms. The number of nitrogens with one attached hydrogen (secondary N) is 2. The van der Waals surface area contributed by atoms with Gasteiger partial charge in [-0.1, -0.05) is 17.7 Å². The number of hydrogen-bond donors (Lipinski definition) is 3. The molecule has 0 radical (unpaired) electrons. The summed E-state index contributed by atoms with van der Waals surface area (Å²) in [7, 11) is 0. The van der Waals surface area contributed by atoms with Gasteiger partial charge in [-0.3, -0.25) is 4.79 Å². The summed E-state index contributed by atoms with van der Waals surface area (Å²) < 4.78 is 0. The highest BCUT2D eigenvalue weighted by Crippen LogP contribution is 2.02. The molecule has 1 rings (SSSR count). The maximum atomic E-state index is 11.6. The molecule has 0 heterocycles. The van der Waals surface area contributed by atoms with E-state index in [0.717, 1.165) is 5.56 Å². The minimum absolute atomic E-state index is 0.304. The van der Waals surface area contributed by atoms with Crippen molar-refractivity contribution in [1.29, 1.82) is 0 Å². The molecule has 0 aliphatic heterocycles. The second-order valence-corrected chi connectivity index (χ2v) is 3.51. The lowest BCUT2D eigenvalue weighted by molar-refractivity contribution is 0.0933. The van der Waals surface area contributed by atoms with Crippen LogP contribution in [-0.2, 0) is 0 Å². The molecule has 0 aliphatic carbocycles. The second kappa shape index (κ2) is 5.16. The molecule has 0 aromatic heterocycles. The van der Waals surface area contributed by atoms with Gasteiger partial charge in [-0.2, -0.15) is 0 Å². The molecule has 0 spiro atoms. The van der Waals surface area contributed by atoms with Crippen LogP contribution in [0.1, 0.15) is 22.8 Å². The van der Waals surface area contributed by atoms with Crippen LogP contribution in [0.2, 0.25) is 0 Å². The SMILES string of the molecule is Cc1ccc(C(=O)NC(C)NC(=O)O)cc1. The van der Waals surface area contributed by atoms with Gasteiger partial charge in [0.05, 0.1) is 0 Å². The number of amides is 2. The molecule has 1 atom stereocenters. The fraction of sp³-hybridized carbons (Fsp3) is 0.273. The largest absolute Gasteiger partial charge is 0.465 e. The van der Waals surface area contributed by atoms with Gasteiger partial charge in [0.2, 0.25) is 0 Å². The lowest BCUT2D eigenvalue weighted by Gasteiger charge is -2.13. The van der Waals surface area contributed by atoms with Crippen LogP contribution < -0.4 is 10.6 Å². The Hall–Kier alpha value is -2.04. The molecule has 0 fully saturated rings. The van der Waals surface area contributed by atoms with Gasteiger partial charge >= 0.3 is 6.09 Å². The summed E-state index contributed by atoms with van der Waals surface area (Å²) in [4.78, 5) is 21.9. The quantitative estimate of drug-likeness (QED) is 0.675. The highest BCUT2D eigenvalue weighted by molar-refractivity contribution is 5.94. The third kappa shape index (κ3) is 3.61. The van der Waals surface area contributed by atoms with E-state index in [1.807, 2.05) is 19.1 Å². The molecule has 5 heteroatoms. The monoisotopic (exact) mass is 222 g/mol. The average Bonchev–Trinajstić information content (AvgIpc) is 2.16. The standard InChI is InChI=1S/C11H14N2O3/c1-7-3-5-9(6-4-7)10(14)12-8(2)13-11(15)16/h3-6,8,13H,1-2H3,(H,12,14)(H,15,16). The molecule has 86 valence electrons. The minimum atomic E-state index is -1.17. The summed E-state index contributed by atoms with van der Waals surface area (Å²) >= 11 is 0. The molecule has 0 bridgehead atoms. The number of benzene rings is 1. The van der Waals surface area contributed by atoms with E-state index in [0.29, 0.717) is 5.56 Å². The molecule has 1 aromatic rings. The Labute approximate surface area is 93.5 Å². The van der Waals surface area contributed by atoms with Gasteiger partial charge in [0.25, 0.3) is 5.91 Å². The van der Waals surface area contributed by atoms with Crippen LogP contribution in [0.25, 0.3) is 0 Å². The van der Waals surface area contributed by atoms with Gasteiger partial charge in [0.15, 0.2) is 0 Å². The Balaban J connectivity index is 2.58. The number of carbonyl (C=O) groups excluding carboxylic acids is 1. The van der Waals surface area contributed by atoms with Crippen LogP contribution in [0.5, 0.6) is 0 Å². The van der Waals surface area contributed by atoms with Gasteiger partial charge in [0, 0.05) is 5.56 Å². The summed E-state index contributed by atoms with van der Waals surface area (Å²) in [6, 6.07) is 7.03. The van der Waals surface area contributed by atoms with Gasteiger partial charge in [-0.05, 0) is 26.0 Å². The average molecular weight is 222 g/mol. The number of carboxylic acid groups (broad SMARTS) is 1. The van der Waals surface area contributed by atoms with Crippen molar-refractivity contribution in [3.05, 3.63) is 35.4 Å². The van der Waals surface area contributed by atoms with Crippen LogP contribution in [0.4, 0.5) is 4.79 Å². The van der Waals surface area contributed by atoms with Gasteiger partial charge in [0.1, 0.15) is 6.17 Å². The first-order chi connectivity index (χ1) is 7.49. The molecular weight excluding hydrogens is 208 g/mol. The summed E-state index contributed by atoms with van der Waals surface area (Å²) in [5, 5.41) is 13.1. The van der Waals surface area contributed by atoms with E-state index in [9.17, 15) is 9.59 Å². The predicted octanol–water partition coefficient (Wildman–Crippen LogP) is 1.34. The minimum Gasteiger partial charge on any atom is -0.465 e. The van der Waals surface area contributed by atoms with E-state index < -0.39 is 12.3 Å². The van der Waals surface area contributed by atoms with Crippen LogP contribution in [0, 0.1) is 6.92 Å². The van der Waals surface area contributed by atoms with Crippen molar-refractivity contribution in [2.24, 2.45) is 0 Å². The lowest BCUT2D eigenvalue weighted by atomic mass is 10.1. The van der Waals surface area contributed by atoms with E-state index in [2.05, 4.69) is 10.6 Å². The smallest absolute Gasteiger partial charge is 0.406 e. The fourth-order valence-electron chi connectivity index (χ4n) is 1.21. The molecule has 0 saturated heterocycles. The predicted molar refractivity (Wildman–Crippen MR) is 59.3 cm³/mol. The van der Waals surface area contributed by atoms with E-state index in [4.69, 9.17) is 5.11 Å². The Morgan fingerprint density at radius 1 is 1.19 bits per heavy atom. The second-order valence-electron chi connectivity index (χ2n) is 3.51. The van der Waals surface area contributed by atoms with Crippen LogP contribution in [0.3, 0.4) is 0 Å². The molecular formula is C11H14N2O3. The number of hydrogen-bond acceptors (Lipinski definition) is 2. The Bertz CT molecular complexity index is 387. The van der Waals surface area contributed by atoms with Crippen molar-refractivity contribution in [2.75, 3.05) is 0 Å². The van der Waals surface area contributed by atoms with E-state index in [-0.39, 0.29) is 5.91 Å². The first-order valence-electron chi connectivity index (χ1n) is 4.86. The van der Waals surface area contributed by atoms with Crippen molar-refractivity contribution in [3.63, 3.8) is 0 Å². The van der Waals surface area contributed by atoms with Crippen LogP contribution >= 0.6 is 0 Å². The van der Waals surface area contributed by atoms with Gasteiger partial charge in [-0.25, -0.2) is 4.79 Å². The van der Waals surface area contributed by atoms with Crippen molar-refractivity contribution in [1.82, 2.24) is 10.6 Å². The summed E-state index contributed by atoms with van der Waals surface area (Å²) in [6.45, 7) is 3.48. The first-order valence-corrected chi connectivity index (χ1v) is 4.86. The molecule has 1 aromatic carbocycles. The van der Waals surface area contributed by atoms with Crippen LogP contribution in [-0.4, -0.2) is 23.3 Å². The maximum absolute atomic E-state index is 11.6. The Kier molecular flexibility index (Phi) is 3.88. The molecule has 0 aliphatic rings. The summed E-state index contributed by atoms with van der Waals surface area (Å²) in [6.07, 6.45) is -1.79. The lowest BCUT2D eigenvalue weighted by Crippen LogP contribution is -2.45. The third-order valence-corrected chi connectivity index (χ3v) is 2.00. The van der Waals surface area contributed by atoms with Crippen molar-refractivity contribution >= 4 is 12.0 Å².